The van der Waals surface area contributed by atoms with Crippen LogP contribution in [0, 0.1) is 0 Å². The summed E-state index contributed by atoms with van der Waals surface area (Å²) in [5.41, 5.74) is 0.718. The third kappa shape index (κ3) is 5.09. The standard InChI is InChI=1S/C28H30F3N3O4/c1-26(2,37)16-34-15-17-5-7-20(13-22(17)33(3)25(34)36)32-24(35)11-18-14-27(9-4-10-27)38-23-12-19(28(29,30)31)6-8-21(18)23/h5-8,11-13,37H,4,9-10,14-16H2,1-3H3,(H,32,35). The maximum absolute atomic E-state index is 13.3. The molecule has 2 heterocycles. The van der Waals surface area contributed by atoms with Gasteiger partial charge in [-0.1, -0.05) is 12.1 Å². The van der Waals surface area contributed by atoms with E-state index >= 15 is 0 Å². The summed E-state index contributed by atoms with van der Waals surface area (Å²) in [6.45, 7) is 3.79. The fourth-order valence-corrected chi connectivity index (χ4v) is 5.34. The predicted octanol–water partition coefficient (Wildman–Crippen LogP) is 5.58. The van der Waals surface area contributed by atoms with Gasteiger partial charge in [0.25, 0.3) is 0 Å². The van der Waals surface area contributed by atoms with E-state index in [1.54, 1.807) is 37.9 Å². The lowest BCUT2D eigenvalue weighted by Crippen LogP contribution is -2.50. The highest BCUT2D eigenvalue weighted by atomic mass is 19.4. The topological polar surface area (TPSA) is 82.1 Å². The molecule has 202 valence electrons. The molecular formula is C28H30F3N3O4. The summed E-state index contributed by atoms with van der Waals surface area (Å²) in [5.74, 6) is -0.273. The molecule has 1 saturated carbocycles. The third-order valence-electron chi connectivity index (χ3n) is 7.27. The molecule has 10 heteroatoms. The lowest BCUT2D eigenvalue weighted by molar-refractivity contribution is -0.138. The van der Waals surface area contributed by atoms with Crippen molar-refractivity contribution in [3.8, 4) is 5.75 Å². The van der Waals surface area contributed by atoms with Gasteiger partial charge in [-0.2, -0.15) is 13.2 Å². The van der Waals surface area contributed by atoms with Gasteiger partial charge in [0.15, 0.2) is 0 Å². The quantitative estimate of drug-likeness (QED) is 0.507. The summed E-state index contributed by atoms with van der Waals surface area (Å²) in [4.78, 5) is 28.9. The zero-order valence-electron chi connectivity index (χ0n) is 21.5. The predicted molar refractivity (Wildman–Crippen MR) is 137 cm³/mol. The van der Waals surface area contributed by atoms with Crippen LogP contribution >= 0.6 is 0 Å². The molecule has 1 aliphatic carbocycles. The minimum atomic E-state index is -4.49. The van der Waals surface area contributed by atoms with Crippen LogP contribution in [0.15, 0.2) is 42.5 Å². The first-order valence-electron chi connectivity index (χ1n) is 12.5. The van der Waals surface area contributed by atoms with E-state index in [1.807, 2.05) is 6.07 Å². The van der Waals surface area contributed by atoms with Crippen LogP contribution in [0.2, 0.25) is 0 Å². The summed E-state index contributed by atoms with van der Waals surface area (Å²) >= 11 is 0. The Bertz CT molecular complexity index is 1330. The van der Waals surface area contributed by atoms with E-state index in [0.717, 1.165) is 37.0 Å². The van der Waals surface area contributed by atoms with Crippen LogP contribution in [-0.2, 0) is 17.5 Å². The van der Waals surface area contributed by atoms with Gasteiger partial charge >= 0.3 is 12.2 Å². The van der Waals surface area contributed by atoms with Crippen molar-refractivity contribution in [1.82, 2.24) is 4.90 Å². The number of urea groups is 1. The number of hydrogen-bond donors (Lipinski definition) is 2. The number of rotatable bonds is 4. The van der Waals surface area contributed by atoms with E-state index in [2.05, 4.69) is 5.32 Å². The largest absolute Gasteiger partial charge is 0.486 e. The Hall–Kier alpha value is -3.53. The molecule has 3 aliphatic rings. The van der Waals surface area contributed by atoms with Crippen molar-refractivity contribution in [3.05, 3.63) is 59.2 Å². The van der Waals surface area contributed by atoms with E-state index in [0.29, 0.717) is 35.5 Å². The van der Waals surface area contributed by atoms with Gasteiger partial charge < -0.3 is 20.1 Å². The molecule has 0 unspecified atom stereocenters. The number of fused-ring (bicyclic) bond motifs is 2. The molecule has 0 bridgehead atoms. The van der Waals surface area contributed by atoms with Crippen molar-refractivity contribution >= 4 is 28.9 Å². The number of nitrogens with one attached hydrogen (secondary N) is 1. The van der Waals surface area contributed by atoms with Crippen LogP contribution in [0.1, 0.15) is 56.2 Å². The van der Waals surface area contributed by atoms with Crippen molar-refractivity contribution in [3.63, 3.8) is 0 Å². The van der Waals surface area contributed by atoms with E-state index in [9.17, 15) is 27.9 Å². The average molecular weight is 530 g/mol. The molecule has 2 aromatic carbocycles. The monoisotopic (exact) mass is 529 g/mol. The van der Waals surface area contributed by atoms with Gasteiger partial charge in [-0.15, -0.1) is 0 Å². The van der Waals surface area contributed by atoms with Crippen LogP contribution in [0.5, 0.6) is 5.75 Å². The summed E-state index contributed by atoms with van der Waals surface area (Å²) < 4.78 is 45.9. The molecule has 0 radical (unpaired) electrons. The molecule has 1 spiro atoms. The molecule has 0 aromatic heterocycles. The van der Waals surface area contributed by atoms with Crippen molar-refractivity contribution in [1.29, 1.82) is 0 Å². The number of halogens is 3. The number of carbonyl (C=O) groups excluding carboxylic acids is 2. The molecular weight excluding hydrogens is 499 g/mol. The molecule has 1 fully saturated rings. The number of β-amino-alcohol motifs (C(OH)–C–C–N with tert-alkyl or cyclic N) is 1. The maximum Gasteiger partial charge on any atom is 0.416 e. The number of benzene rings is 2. The summed E-state index contributed by atoms with van der Waals surface area (Å²) in [5, 5.41) is 13.0. The molecule has 7 nitrogen and oxygen atoms in total. The van der Waals surface area contributed by atoms with E-state index in [1.165, 1.54) is 17.0 Å². The Morgan fingerprint density at radius 1 is 1.18 bits per heavy atom. The molecule has 5 rings (SSSR count). The normalized spacial score (nSPS) is 19.6. The van der Waals surface area contributed by atoms with Crippen LogP contribution in [0.25, 0.3) is 5.57 Å². The zero-order valence-corrected chi connectivity index (χ0v) is 21.5. The molecule has 2 N–H and O–H groups in total. The zero-order chi connectivity index (χ0) is 27.5. The van der Waals surface area contributed by atoms with Crippen molar-refractivity contribution in [2.45, 2.75) is 63.5 Å². The van der Waals surface area contributed by atoms with Crippen molar-refractivity contribution < 1.29 is 32.6 Å². The van der Waals surface area contributed by atoms with Crippen molar-refractivity contribution in [2.24, 2.45) is 0 Å². The number of anilines is 2. The first-order chi connectivity index (χ1) is 17.7. The lowest BCUT2D eigenvalue weighted by Gasteiger charge is -2.46. The first-order valence-corrected chi connectivity index (χ1v) is 12.5. The fraction of sp³-hybridized carbons (Fsp3) is 0.429. The van der Waals surface area contributed by atoms with Gasteiger partial charge in [-0.05, 0) is 68.5 Å². The fourth-order valence-electron chi connectivity index (χ4n) is 5.34. The average Bonchev–Trinajstić information content (AvgIpc) is 2.80. The summed E-state index contributed by atoms with van der Waals surface area (Å²) in [7, 11) is 1.64. The second kappa shape index (κ2) is 9.04. The Kier molecular flexibility index (Phi) is 6.21. The number of nitrogens with zero attached hydrogens (tertiary/aromatic N) is 2. The van der Waals surface area contributed by atoms with Gasteiger partial charge in [0, 0.05) is 37.3 Å². The van der Waals surface area contributed by atoms with Gasteiger partial charge in [0.2, 0.25) is 5.91 Å². The highest BCUT2D eigenvalue weighted by Gasteiger charge is 2.44. The molecule has 2 aromatic rings. The van der Waals surface area contributed by atoms with Gasteiger partial charge in [0.05, 0.1) is 23.4 Å². The van der Waals surface area contributed by atoms with Gasteiger partial charge in [-0.3, -0.25) is 9.69 Å². The molecule has 0 atom stereocenters. The summed E-state index contributed by atoms with van der Waals surface area (Å²) in [6, 6.07) is 8.40. The molecule has 0 saturated heterocycles. The third-order valence-corrected chi connectivity index (χ3v) is 7.27. The van der Waals surface area contributed by atoms with E-state index in [-0.39, 0.29) is 18.3 Å². The van der Waals surface area contributed by atoms with Gasteiger partial charge in [0.1, 0.15) is 11.4 Å². The van der Waals surface area contributed by atoms with Crippen molar-refractivity contribution in [2.75, 3.05) is 23.8 Å². The smallest absolute Gasteiger partial charge is 0.416 e. The molecule has 38 heavy (non-hydrogen) atoms. The Balaban J connectivity index is 1.38. The van der Waals surface area contributed by atoms with E-state index < -0.39 is 28.8 Å². The Morgan fingerprint density at radius 2 is 1.92 bits per heavy atom. The minimum absolute atomic E-state index is 0.148. The number of aliphatic hydroxyl groups is 1. The first kappa shape index (κ1) is 26.1. The minimum Gasteiger partial charge on any atom is -0.486 e. The maximum atomic E-state index is 13.3. The number of amides is 3. The second-order valence-corrected chi connectivity index (χ2v) is 11.0. The lowest BCUT2D eigenvalue weighted by atomic mass is 9.72. The highest BCUT2D eigenvalue weighted by molar-refractivity contribution is 6.05. The number of ether oxygens (including phenoxy) is 1. The van der Waals surface area contributed by atoms with E-state index in [4.69, 9.17) is 4.74 Å². The van der Waals surface area contributed by atoms with Crippen LogP contribution in [0.3, 0.4) is 0 Å². The number of alkyl halides is 3. The highest BCUT2D eigenvalue weighted by Crippen LogP contribution is 2.50. The number of hydrogen-bond acceptors (Lipinski definition) is 4. The second-order valence-electron chi connectivity index (χ2n) is 11.0. The number of carbonyl (C=O) groups is 2. The summed E-state index contributed by atoms with van der Waals surface area (Å²) in [6.07, 6.45) is -0.265. The Labute approximate surface area is 218 Å². The van der Waals surface area contributed by atoms with Crippen LogP contribution in [-0.4, -0.2) is 46.7 Å². The van der Waals surface area contributed by atoms with Crippen LogP contribution in [0.4, 0.5) is 29.3 Å². The Morgan fingerprint density at radius 3 is 2.55 bits per heavy atom. The molecule has 3 amide bonds. The SMILES string of the molecule is CN1C(=O)N(CC(C)(C)O)Cc2ccc(NC(=O)C=C3CC4(CCC4)Oc4cc(C(F)(F)F)ccc43)cc21. The molecule has 2 aliphatic heterocycles. The van der Waals surface area contributed by atoms with Gasteiger partial charge in [-0.25, -0.2) is 4.79 Å². The van der Waals surface area contributed by atoms with Crippen LogP contribution < -0.4 is 15.0 Å².